The first kappa shape index (κ1) is 25.1. The van der Waals surface area contributed by atoms with Crippen LogP contribution in [-0.2, 0) is 16.0 Å². The van der Waals surface area contributed by atoms with Gasteiger partial charge in [-0.3, -0.25) is 9.59 Å². The van der Waals surface area contributed by atoms with Crippen molar-refractivity contribution in [1.29, 1.82) is 10.5 Å². The maximum Gasteiger partial charge on any atom is 0.338 e. The van der Waals surface area contributed by atoms with Gasteiger partial charge < -0.3 is 10.1 Å². The molecule has 4 aromatic rings. The van der Waals surface area contributed by atoms with Crippen LogP contribution in [0.1, 0.15) is 38.9 Å². The molecule has 0 saturated heterocycles. The van der Waals surface area contributed by atoms with Crippen molar-refractivity contribution in [3.05, 3.63) is 101 Å². The van der Waals surface area contributed by atoms with Crippen molar-refractivity contribution >= 4 is 23.3 Å². The number of para-hydroxylation sites is 2. The number of hydrogen-bond donors (Lipinski definition) is 1. The van der Waals surface area contributed by atoms with E-state index >= 15 is 0 Å². The number of benzene rings is 3. The summed E-state index contributed by atoms with van der Waals surface area (Å²) in [5.41, 5.74) is 0.948. The zero-order chi connectivity index (χ0) is 27.6. The Kier molecular flexibility index (Phi) is 6.49. The first-order valence-corrected chi connectivity index (χ1v) is 12.1. The minimum absolute atomic E-state index is 0.158. The molecule has 0 atom stereocenters. The molecule has 1 N–H and O–H groups in total. The van der Waals surface area contributed by atoms with Gasteiger partial charge >= 0.3 is 5.97 Å². The lowest BCUT2D eigenvalue weighted by Gasteiger charge is -2.16. The molecule has 5 rings (SSSR count). The van der Waals surface area contributed by atoms with Crippen LogP contribution in [0.4, 0.5) is 5.69 Å². The van der Waals surface area contributed by atoms with E-state index in [2.05, 4.69) is 10.4 Å². The second kappa shape index (κ2) is 10.1. The molecule has 1 aromatic heterocycles. The van der Waals surface area contributed by atoms with Crippen LogP contribution in [0.25, 0.3) is 16.9 Å². The Morgan fingerprint density at radius 3 is 2.31 bits per heavy atom. The number of ether oxygens (including phenoxy) is 1. The number of ketones is 1. The normalized spacial score (nSPS) is 11.5. The van der Waals surface area contributed by atoms with Crippen molar-refractivity contribution < 1.29 is 19.1 Å². The molecule has 3 aromatic carbocycles. The fourth-order valence-electron chi connectivity index (χ4n) is 4.57. The van der Waals surface area contributed by atoms with Crippen LogP contribution in [0.3, 0.4) is 0 Å². The summed E-state index contributed by atoms with van der Waals surface area (Å²) in [6.45, 7) is 1.94. The summed E-state index contributed by atoms with van der Waals surface area (Å²) in [5, 5.41) is 27.1. The van der Waals surface area contributed by atoms with Crippen molar-refractivity contribution in [2.24, 2.45) is 5.41 Å². The zero-order valence-electron chi connectivity index (χ0n) is 20.8. The SMILES string of the molecule is CCOC(=O)c1ccc2c(c1)-c1c(c(C(=O)C(C#N)(C#N)C(=O)Nc3ccccc3)nn1-c1ccccc1)C2. The zero-order valence-corrected chi connectivity index (χ0v) is 20.8. The van der Waals surface area contributed by atoms with E-state index in [1.54, 1.807) is 91.9 Å². The molecule has 9 heteroatoms. The van der Waals surface area contributed by atoms with Gasteiger partial charge in [-0.15, -0.1) is 0 Å². The predicted octanol–water partition coefficient (Wildman–Crippen LogP) is 4.48. The number of nitrogens with zero attached hydrogens (tertiary/aromatic N) is 4. The van der Waals surface area contributed by atoms with Crippen molar-refractivity contribution in [3.8, 4) is 29.1 Å². The number of aromatic nitrogens is 2. The number of amides is 1. The number of nitriles is 2. The average Bonchev–Trinajstić information content (AvgIpc) is 3.52. The molecule has 1 aliphatic rings. The van der Waals surface area contributed by atoms with E-state index in [4.69, 9.17) is 4.74 Å². The third kappa shape index (κ3) is 4.22. The van der Waals surface area contributed by atoms with Crippen LogP contribution in [0, 0.1) is 28.1 Å². The number of hydrogen-bond acceptors (Lipinski definition) is 7. The van der Waals surface area contributed by atoms with E-state index < -0.39 is 23.1 Å². The lowest BCUT2D eigenvalue weighted by atomic mass is 9.82. The summed E-state index contributed by atoms with van der Waals surface area (Å²) in [6, 6.07) is 25.7. The van der Waals surface area contributed by atoms with Gasteiger partial charge in [-0.1, -0.05) is 42.5 Å². The number of fused-ring (bicyclic) bond motifs is 3. The minimum Gasteiger partial charge on any atom is -0.462 e. The summed E-state index contributed by atoms with van der Waals surface area (Å²) in [4.78, 5) is 39.6. The Labute approximate surface area is 223 Å². The van der Waals surface area contributed by atoms with Crippen molar-refractivity contribution in [1.82, 2.24) is 9.78 Å². The molecule has 0 bridgehead atoms. The predicted molar refractivity (Wildman–Crippen MR) is 141 cm³/mol. The highest BCUT2D eigenvalue weighted by atomic mass is 16.5. The molecule has 0 fully saturated rings. The summed E-state index contributed by atoms with van der Waals surface area (Å²) in [7, 11) is 0. The van der Waals surface area contributed by atoms with Gasteiger partial charge in [0.25, 0.3) is 11.3 Å². The number of carbonyl (C=O) groups is 3. The monoisotopic (exact) mass is 515 g/mol. The fraction of sp³-hybridized carbons (Fsp3) is 0.133. The van der Waals surface area contributed by atoms with Crippen molar-refractivity contribution in [2.45, 2.75) is 13.3 Å². The van der Waals surface area contributed by atoms with E-state index in [9.17, 15) is 24.9 Å². The van der Waals surface area contributed by atoms with E-state index in [0.29, 0.717) is 33.8 Å². The van der Waals surface area contributed by atoms with Gasteiger partial charge in [0.2, 0.25) is 5.78 Å². The maximum atomic E-state index is 13.9. The first-order chi connectivity index (χ1) is 18.9. The standard InChI is InChI=1S/C30H21N5O4/c1-2-39-28(37)20-14-13-19-15-24-25(34-35(26(24)23(19)16-20)22-11-7-4-8-12-22)27(36)30(17-31,18-32)29(38)33-21-9-5-3-6-10-21/h3-14,16H,2,15H2,1H3,(H,33,38). The Hall–Kier alpha value is -5.54. The largest absolute Gasteiger partial charge is 0.462 e. The molecule has 190 valence electrons. The molecule has 0 unspecified atom stereocenters. The van der Waals surface area contributed by atoms with Crippen LogP contribution in [0.5, 0.6) is 0 Å². The summed E-state index contributed by atoms with van der Waals surface area (Å²) in [5.74, 6) is -2.57. The van der Waals surface area contributed by atoms with E-state index in [0.717, 1.165) is 5.56 Å². The third-order valence-electron chi connectivity index (χ3n) is 6.49. The Balaban J connectivity index is 1.65. The van der Waals surface area contributed by atoms with Gasteiger partial charge in [-0.25, -0.2) is 9.48 Å². The lowest BCUT2D eigenvalue weighted by Crippen LogP contribution is -2.41. The molecular formula is C30H21N5O4. The Bertz CT molecular complexity index is 1680. The van der Waals surface area contributed by atoms with Crippen LogP contribution in [0.2, 0.25) is 0 Å². The molecule has 39 heavy (non-hydrogen) atoms. The number of esters is 1. The molecule has 1 amide bonds. The second-order valence-electron chi connectivity index (χ2n) is 8.82. The lowest BCUT2D eigenvalue weighted by molar-refractivity contribution is -0.119. The van der Waals surface area contributed by atoms with E-state index in [-0.39, 0.29) is 18.7 Å². The summed E-state index contributed by atoms with van der Waals surface area (Å²) in [6.07, 6.45) is 0.259. The van der Waals surface area contributed by atoms with Gasteiger partial charge in [-0.2, -0.15) is 15.6 Å². The van der Waals surface area contributed by atoms with Gasteiger partial charge in [0.05, 0.1) is 23.6 Å². The Morgan fingerprint density at radius 2 is 1.67 bits per heavy atom. The third-order valence-corrected chi connectivity index (χ3v) is 6.49. The van der Waals surface area contributed by atoms with Crippen LogP contribution >= 0.6 is 0 Å². The smallest absolute Gasteiger partial charge is 0.338 e. The van der Waals surface area contributed by atoms with Crippen molar-refractivity contribution in [3.63, 3.8) is 0 Å². The highest BCUT2D eigenvalue weighted by Gasteiger charge is 2.50. The highest BCUT2D eigenvalue weighted by molar-refractivity contribution is 6.22. The number of carbonyl (C=O) groups excluding carboxylic acids is 3. The molecule has 9 nitrogen and oxygen atoms in total. The van der Waals surface area contributed by atoms with E-state index in [1.807, 2.05) is 6.07 Å². The van der Waals surface area contributed by atoms with Gasteiger partial charge in [0.15, 0.2) is 0 Å². The van der Waals surface area contributed by atoms with Gasteiger partial charge in [-0.05, 0) is 48.9 Å². The topological polar surface area (TPSA) is 138 Å². The molecule has 0 radical (unpaired) electrons. The van der Waals surface area contributed by atoms with Crippen LogP contribution < -0.4 is 5.32 Å². The number of nitrogens with one attached hydrogen (secondary N) is 1. The first-order valence-electron chi connectivity index (χ1n) is 12.1. The number of rotatable bonds is 7. The molecular weight excluding hydrogens is 494 g/mol. The second-order valence-corrected chi connectivity index (χ2v) is 8.82. The molecule has 0 spiro atoms. The fourth-order valence-corrected chi connectivity index (χ4v) is 4.57. The quantitative estimate of drug-likeness (QED) is 0.192. The maximum absolute atomic E-state index is 13.9. The van der Waals surface area contributed by atoms with Crippen LogP contribution in [0.15, 0.2) is 78.9 Å². The van der Waals surface area contributed by atoms with E-state index in [1.165, 1.54) is 4.68 Å². The van der Waals surface area contributed by atoms with Gasteiger partial charge in [0, 0.05) is 23.2 Å². The summed E-state index contributed by atoms with van der Waals surface area (Å²) >= 11 is 0. The van der Waals surface area contributed by atoms with Gasteiger partial charge in [0.1, 0.15) is 17.8 Å². The average molecular weight is 516 g/mol. The molecule has 0 saturated carbocycles. The molecule has 0 aliphatic heterocycles. The highest BCUT2D eigenvalue weighted by Crippen LogP contribution is 2.42. The molecule has 1 aliphatic carbocycles. The number of anilines is 1. The minimum atomic E-state index is -2.68. The van der Waals surface area contributed by atoms with Crippen molar-refractivity contribution in [2.75, 3.05) is 11.9 Å². The molecule has 1 heterocycles. The summed E-state index contributed by atoms with van der Waals surface area (Å²) < 4.78 is 6.69. The Morgan fingerprint density at radius 1 is 1.00 bits per heavy atom. The van der Waals surface area contributed by atoms with Crippen LogP contribution in [-0.4, -0.2) is 34.0 Å². The number of Topliss-reactive ketones (excluding diaryl/α,β-unsaturated/α-hetero) is 1.